The Morgan fingerprint density at radius 1 is 1.59 bits per heavy atom. The van der Waals surface area contributed by atoms with Crippen molar-refractivity contribution in [2.75, 3.05) is 31.4 Å². The average Bonchev–Trinajstić information content (AvgIpc) is 2.27. The maximum Gasteiger partial charge on any atom is 0.273 e. The molecular formula is C10H15N3O4. The number of nitrogens with two attached hydrogens (primary N) is 1. The molecule has 0 spiro atoms. The number of nitrogen functional groups attached to an aromatic ring is 1. The van der Waals surface area contributed by atoms with Crippen molar-refractivity contribution in [3.8, 4) is 0 Å². The first-order chi connectivity index (χ1) is 8.06. The van der Waals surface area contributed by atoms with Gasteiger partial charge in [-0.25, -0.2) is 0 Å². The van der Waals surface area contributed by atoms with Crippen LogP contribution in [0.2, 0.25) is 0 Å². The van der Waals surface area contributed by atoms with Crippen molar-refractivity contribution in [3.63, 3.8) is 0 Å². The summed E-state index contributed by atoms with van der Waals surface area (Å²) in [5, 5.41) is 22.6. The van der Waals surface area contributed by atoms with E-state index in [0.29, 0.717) is 12.3 Å². The minimum atomic E-state index is -0.522. The van der Waals surface area contributed by atoms with E-state index >= 15 is 0 Å². The number of hydrogen-bond donors (Lipinski definition) is 3. The third-order valence-electron chi connectivity index (χ3n) is 2.11. The number of benzene rings is 1. The maximum absolute atomic E-state index is 10.6. The van der Waals surface area contributed by atoms with Crippen molar-refractivity contribution in [2.45, 2.75) is 6.04 Å². The summed E-state index contributed by atoms with van der Waals surface area (Å²) in [6.07, 6.45) is 0. The number of nitrogens with zero attached hydrogens (tertiary/aromatic N) is 1. The Morgan fingerprint density at radius 3 is 2.82 bits per heavy atom. The van der Waals surface area contributed by atoms with E-state index in [1.54, 1.807) is 6.07 Å². The molecule has 94 valence electrons. The lowest BCUT2D eigenvalue weighted by Crippen LogP contribution is -2.28. The van der Waals surface area contributed by atoms with Crippen molar-refractivity contribution < 1.29 is 14.8 Å². The van der Waals surface area contributed by atoms with E-state index in [0.717, 1.165) is 0 Å². The van der Waals surface area contributed by atoms with Crippen LogP contribution in [0.1, 0.15) is 0 Å². The van der Waals surface area contributed by atoms with Gasteiger partial charge in [-0.1, -0.05) is 0 Å². The predicted molar refractivity (Wildman–Crippen MR) is 63.9 cm³/mol. The number of nitro benzene ring substituents is 1. The zero-order valence-corrected chi connectivity index (χ0v) is 9.42. The number of aliphatic hydroxyl groups is 1. The van der Waals surface area contributed by atoms with Crippen molar-refractivity contribution in [1.82, 2.24) is 0 Å². The molecule has 1 atom stereocenters. The highest BCUT2D eigenvalue weighted by Crippen LogP contribution is 2.22. The van der Waals surface area contributed by atoms with Gasteiger partial charge in [0.05, 0.1) is 24.2 Å². The van der Waals surface area contributed by atoms with Gasteiger partial charge in [-0.05, 0) is 6.07 Å². The van der Waals surface area contributed by atoms with Crippen LogP contribution in [-0.2, 0) is 4.74 Å². The fraction of sp³-hybridized carbons (Fsp3) is 0.400. The molecular weight excluding hydrogens is 226 g/mol. The molecule has 0 aliphatic carbocycles. The summed E-state index contributed by atoms with van der Waals surface area (Å²) in [4.78, 5) is 10.1. The molecule has 0 radical (unpaired) electrons. The number of nitrogens with one attached hydrogen (secondary N) is 1. The number of nitro groups is 1. The Kier molecular flexibility index (Phi) is 4.68. The molecule has 1 rings (SSSR count). The van der Waals surface area contributed by atoms with Crippen LogP contribution in [0, 0.1) is 10.1 Å². The van der Waals surface area contributed by atoms with Crippen molar-refractivity contribution in [1.29, 1.82) is 0 Å². The summed E-state index contributed by atoms with van der Waals surface area (Å²) >= 11 is 0. The number of rotatable bonds is 6. The summed E-state index contributed by atoms with van der Waals surface area (Å²) in [6.45, 7) is 0.148. The fourth-order valence-electron chi connectivity index (χ4n) is 1.40. The Labute approximate surface area is 98.3 Å². The van der Waals surface area contributed by atoms with Crippen LogP contribution in [0.3, 0.4) is 0 Å². The first-order valence-corrected chi connectivity index (χ1v) is 4.98. The second-order valence-corrected chi connectivity index (χ2v) is 3.55. The molecule has 0 aliphatic heterocycles. The standard InChI is InChI=1S/C10H15N3O4/c1-17-6-9(5-14)12-8-2-7(11)3-10(4-8)13(15)16/h2-4,9,12,14H,5-6,11H2,1H3. The minimum absolute atomic E-state index is 0.0957. The van der Waals surface area contributed by atoms with E-state index < -0.39 is 4.92 Å². The van der Waals surface area contributed by atoms with Crippen LogP contribution in [0.15, 0.2) is 18.2 Å². The highest BCUT2D eigenvalue weighted by Gasteiger charge is 2.11. The molecule has 0 amide bonds. The molecule has 0 aliphatic rings. The van der Waals surface area contributed by atoms with Gasteiger partial charge in [-0.15, -0.1) is 0 Å². The average molecular weight is 241 g/mol. The Bertz CT molecular complexity index is 397. The first kappa shape index (κ1) is 13.2. The van der Waals surface area contributed by atoms with Crippen LogP contribution < -0.4 is 11.1 Å². The molecule has 1 aromatic rings. The summed E-state index contributed by atoms with van der Waals surface area (Å²) in [5.41, 5.74) is 6.22. The molecule has 0 bridgehead atoms. The van der Waals surface area contributed by atoms with Crippen molar-refractivity contribution >= 4 is 17.1 Å². The largest absolute Gasteiger partial charge is 0.398 e. The number of anilines is 2. The third-order valence-corrected chi connectivity index (χ3v) is 2.11. The molecule has 0 fully saturated rings. The van der Waals surface area contributed by atoms with Gasteiger partial charge in [0, 0.05) is 30.6 Å². The molecule has 1 unspecified atom stereocenters. The minimum Gasteiger partial charge on any atom is -0.398 e. The van der Waals surface area contributed by atoms with E-state index in [1.807, 2.05) is 0 Å². The predicted octanol–water partition coefficient (Wildman–Crippen LogP) is 0.596. The van der Waals surface area contributed by atoms with Crippen LogP contribution in [0.5, 0.6) is 0 Å². The van der Waals surface area contributed by atoms with Crippen LogP contribution in [-0.4, -0.2) is 36.4 Å². The molecule has 17 heavy (non-hydrogen) atoms. The lowest BCUT2D eigenvalue weighted by atomic mass is 10.2. The van der Waals surface area contributed by atoms with Crippen molar-refractivity contribution in [3.05, 3.63) is 28.3 Å². The monoisotopic (exact) mass is 241 g/mol. The second kappa shape index (κ2) is 6.02. The van der Waals surface area contributed by atoms with E-state index in [9.17, 15) is 10.1 Å². The molecule has 7 nitrogen and oxygen atoms in total. The van der Waals surface area contributed by atoms with Gasteiger partial charge in [0.2, 0.25) is 0 Å². The van der Waals surface area contributed by atoms with Gasteiger partial charge >= 0.3 is 0 Å². The quantitative estimate of drug-likeness (QED) is 0.382. The number of ether oxygens (including phenoxy) is 1. The highest BCUT2D eigenvalue weighted by molar-refractivity contribution is 5.61. The molecule has 0 aromatic heterocycles. The summed E-state index contributed by atoms with van der Waals surface area (Å²) in [5.74, 6) is 0. The molecule has 0 saturated heterocycles. The molecule has 4 N–H and O–H groups in total. The van der Waals surface area contributed by atoms with E-state index in [1.165, 1.54) is 19.2 Å². The molecule has 0 heterocycles. The zero-order chi connectivity index (χ0) is 12.8. The van der Waals surface area contributed by atoms with Crippen LogP contribution >= 0.6 is 0 Å². The first-order valence-electron chi connectivity index (χ1n) is 4.98. The number of methoxy groups -OCH3 is 1. The second-order valence-electron chi connectivity index (χ2n) is 3.55. The highest BCUT2D eigenvalue weighted by atomic mass is 16.6. The maximum atomic E-state index is 10.6. The van der Waals surface area contributed by atoms with Crippen molar-refractivity contribution in [2.24, 2.45) is 0 Å². The Balaban J connectivity index is 2.86. The summed E-state index contributed by atoms with van der Waals surface area (Å²) in [7, 11) is 1.51. The van der Waals surface area contributed by atoms with E-state index in [2.05, 4.69) is 5.32 Å². The van der Waals surface area contributed by atoms with Crippen LogP contribution in [0.4, 0.5) is 17.1 Å². The van der Waals surface area contributed by atoms with Gasteiger partial charge in [-0.3, -0.25) is 10.1 Å². The fourth-order valence-corrected chi connectivity index (χ4v) is 1.40. The smallest absolute Gasteiger partial charge is 0.273 e. The lowest BCUT2D eigenvalue weighted by Gasteiger charge is -2.16. The normalized spacial score (nSPS) is 12.1. The topological polar surface area (TPSA) is 111 Å². The number of aliphatic hydroxyl groups excluding tert-OH is 1. The van der Waals surface area contributed by atoms with Gasteiger partial charge in [0.25, 0.3) is 5.69 Å². The molecule has 7 heteroatoms. The third kappa shape index (κ3) is 3.89. The van der Waals surface area contributed by atoms with Gasteiger partial charge in [0.15, 0.2) is 0 Å². The van der Waals surface area contributed by atoms with Gasteiger partial charge in [0.1, 0.15) is 0 Å². The lowest BCUT2D eigenvalue weighted by molar-refractivity contribution is -0.384. The Morgan fingerprint density at radius 2 is 2.29 bits per heavy atom. The molecule has 0 saturated carbocycles. The zero-order valence-electron chi connectivity index (χ0n) is 9.42. The SMILES string of the molecule is COCC(CO)Nc1cc(N)cc([N+](=O)[O-])c1. The van der Waals surface area contributed by atoms with E-state index in [4.69, 9.17) is 15.6 Å². The number of non-ortho nitro benzene ring substituents is 1. The summed E-state index contributed by atoms with van der Waals surface area (Å²) < 4.78 is 4.89. The summed E-state index contributed by atoms with van der Waals surface area (Å²) in [6, 6.07) is 3.86. The molecule has 1 aromatic carbocycles. The van der Waals surface area contributed by atoms with Gasteiger partial charge < -0.3 is 20.9 Å². The van der Waals surface area contributed by atoms with E-state index in [-0.39, 0.29) is 24.0 Å². The van der Waals surface area contributed by atoms with Gasteiger partial charge in [-0.2, -0.15) is 0 Å². The van der Waals surface area contributed by atoms with Crippen LogP contribution in [0.25, 0.3) is 0 Å². The number of hydrogen-bond acceptors (Lipinski definition) is 6. The Hall–Kier alpha value is -1.86.